The molecule has 1 aromatic carbocycles. The molecule has 2 heterocycles. The summed E-state index contributed by atoms with van der Waals surface area (Å²) in [6.07, 6.45) is 3.44. The van der Waals surface area contributed by atoms with Gasteiger partial charge in [0.1, 0.15) is 0 Å². The Morgan fingerprint density at radius 1 is 1.17 bits per heavy atom. The summed E-state index contributed by atoms with van der Waals surface area (Å²) in [6, 6.07) is 3.91. The molecule has 1 aromatic heterocycles. The Kier molecular flexibility index (Phi) is 5.86. The quantitative estimate of drug-likeness (QED) is 0.690. The predicted molar refractivity (Wildman–Crippen MR) is 122 cm³/mol. The summed E-state index contributed by atoms with van der Waals surface area (Å²) in [5, 5.41) is 11.0. The Balaban J connectivity index is 1.60. The number of aromatic nitrogens is 2. The first kappa shape index (κ1) is 21.6. The number of likely N-dealkylation sites (N-methyl/N-ethyl adjacent to an activating group) is 1. The normalized spacial score (nSPS) is 28.2. The number of anilines is 1. The van der Waals surface area contributed by atoms with Crippen molar-refractivity contribution in [1.82, 2.24) is 14.9 Å². The Morgan fingerprint density at radius 2 is 1.83 bits per heavy atom. The summed E-state index contributed by atoms with van der Waals surface area (Å²) in [6.45, 7) is 11.1. The van der Waals surface area contributed by atoms with Crippen LogP contribution in [0.2, 0.25) is 5.02 Å². The number of halogens is 1. The fraction of sp³-hybridized carbons (Fsp3) is 0.652. The van der Waals surface area contributed by atoms with Crippen LogP contribution in [0, 0.1) is 5.41 Å². The SMILES string of the molecule is CCN1CCN(c2cc3nc(C(=O)C4(CC)CCC(C)(O)CC4)[nH]c3cc2Cl)CC1. The number of hydrogen-bond acceptors (Lipinski definition) is 5. The summed E-state index contributed by atoms with van der Waals surface area (Å²) >= 11 is 6.61. The van der Waals surface area contributed by atoms with Crippen LogP contribution in [0.4, 0.5) is 5.69 Å². The number of imidazole rings is 1. The van der Waals surface area contributed by atoms with Gasteiger partial charge in [-0.3, -0.25) is 4.79 Å². The zero-order valence-corrected chi connectivity index (χ0v) is 19.1. The second kappa shape index (κ2) is 8.13. The lowest BCUT2D eigenvalue weighted by Crippen LogP contribution is -2.46. The number of piperazine rings is 1. The maximum Gasteiger partial charge on any atom is 0.204 e. The molecule has 7 heteroatoms. The number of Topliss-reactive ketones (excluding diaryl/α,β-unsaturated/α-hetero) is 1. The standard InChI is InChI=1S/C23H33ClN4O2/c1-4-23(8-6-22(3,30)7-9-23)20(29)21-25-17-14-16(24)19(15-18(17)26-21)28-12-10-27(5-2)11-13-28/h14-15,30H,4-13H2,1-3H3,(H,25,26). The smallest absolute Gasteiger partial charge is 0.204 e. The number of aromatic amines is 1. The molecule has 0 spiro atoms. The molecule has 1 saturated heterocycles. The molecule has 4 rings (SSSR count). The van der Waals surface area contributed by atoms with E-state index in [1.807, 2.05) is 19.1 Å². The van der Waals surface area contributed by atoms with Crippen LogP contribution in [0.25, 0.3) is 11.0 Å². The van der Waals surface area contributed by atoms with E-state index in [1.54, 1.807) is 0 Å². The highest BCUT2D eigenvalue weighted by molar-refractivity contribution is 6.34. The number of aliphatic hydroxyl groups is 1. The highest BCUT2D eigenvalue weighted by Gasteiger charge is 2.44. The van der Waals surface area contributed by atoms with Gasteiger partial charge < -0.3 is 19.9 Å². The number of ketones is 1. The van der Waals surface area contributed by atoms with Crippen LogP contribution in [0.15, 0.2) is 12.1 Å². The van der Waals surface area contributed by atoms with Gasteiger partial charge in [0.25, 0.3) is 0 Å². The molecule has 1 saturated carbocycles. The third-order valence-electron chi connectivity index (χ3n) is 7.37. The van der Waals surface area contributed by atoms with Gasteiger partial charge in [0.2, 0.25) is 5.78 Å². The fourth-order valence-corrected chi connectivity index (χ4v) is 5.22. The van der Waals surface area contributed by atoms with E-state index in [-0.39, 0.29) is 5.78 Å². The van der Waals surface area contributed by atoms with Crippen LogP contribution in [-0.4, -0.2) is 64.1 Å². The van der Waals surface area contributed by atoms with E-state index in [9.17, 15) is 9.90 Å². The minimum atomic E-state index is -0.670. The summed E-state index contributed by atoms with van der Waals surface area (Å²) in [7, 11) is 0. The zero-order valence-electron chi connectivity index (χ0n) is 18.3. The Bertz CT molecular complexity index is 921. The lowest BCUT2D eigenvalue weighted by atomic mass is 9.65. The molecule has 2 aliphatic rings. The first-order valence-electron chi connectivity index (χ1n) is 11.2. The van der Waals surface area contributed by atoms with Crippen LogP contribution in [-0.2, 0) is 0 Å². The number of benzene rings is 1. The van der Waals surface area contributed by atoms with Crippen molar-refractivity contribution in [2.75, 3.05) is 37.6 Å². The molecule has 2 aromatic rings. The monoisotopic (exact) mass is 432 g/mol. The van der Waals surface area contributed by atoms with E-state index in [1.165, 1.54) is 0 Å². The number of carbonyl (C=O) groups excluding carboxylic acids is 1. The number of rotatable bonds is 5. The van der Waals surface area contributed by atoms with Crippen molar-refractivity contribution in [2.45, 2.75) is 58.5 Å². The van der Waals surface area contributed by atoms with E-state index in [4.69, 9.17) is 11.6 Å². The maximum atomic E-state index is 13.4. The van der Waals surface area contributed by atoms with Crippen LogP contribution in [0.1, 0.15) is 63.5 Å². The van der Waals surface area contributed by atoms with Gasteiger partial charge in [0.05, 0.1) is 27.3 Å². The van der Waals surface area contributed by atoms with Crippen LogP contribution in [0.5, 0.6) is 0 Å². The molecule has 1 aliphatic carbocycles. The van der Waals surface area contributed by atoms with Crippen molar-refractivity contribution in [2.24, 2.45) is 5.41 Å². The van der Waals surface area contributed by atoms with E-state index in [0.717, 1.165) is 55.9 Å². The number of nitrogens with zero attached hydrogens (tertiary/aromatic N) is 3. The second-order valence-corrected chi connectivity index (χ2v) is 9.69. The number of nitrogens with one attached hydrogen (secondary N) is 1. The third-order valence-corrected chi connectivity index (χ3v) is 7.67. The van der Waals surface area contributed by atoms with Crippen molar-refractivity contribution >= 4 is 34.1 Å². The van der Waals surface area contributed by atoms with Gasteiger partial charge in [-0.05, 0) is 57.7 Å². The minimum Gasteiger partial charge on any atom is -0.390 e. The van der Waals surface area contributed by atoms with E-state index in [0.29, 0.717) is 36.5 Å². The first-order valence-corrected chi connectivity index (χ1v) is 11.6. The van der Waals surface area contributed by atoms with E-state index >= 15 is 0 Å². The minimum absolute atomic E-state index is 0.0610. The highest BCUT2D eigenvalue weighted by atomic mass is 35.5. The molecule has 6 nitrogen and oxygen atoms in total. The van der Waals surface area contributed by atoms with E-state index < -0.39 is 11.0 Å². The second-order valence-electron chi connectivity index (χ2n) is 9.29. The molecule has 30 heavy (non-hydrogen) atoms. The summed E-state index contributed by atoms with van der Waals surface area (Å²) in [5.41, 5.74) is 1.46. The molecule has 2 N–H and O–H groups in total. The molecule has 1 aliphatic heterocycles. The van der Waals surface area contributed by atoms with Crippen molar-refractivity contribution in [3.05, 3.63) is 23.0 Å². The van der Waals surface area contributed by atoms with Crippen molar-refractivity contribution < 1.29 is 9.90 Å². The van der Waals surface area contributed by atoms with Gasteiger partial charge in [0.15, 0.2) is 5.82 Å². The van der Waals surface area contributed by atoms with Crippen molar-refractivity contribution in [1.29, 1.82) is 0 Å². The lowest BCUT2D eigenvalue weighted by Gasteiger charge is -2.40. The van der Waals surface area contributed by atoms with Crippen LogP contribution in [0.3, 0.4) is 0 Å². The molecule has 0 radical (unpaired) electrons. The molecular formula is C23H33ClN4O2. The van der Waals surface area contributed by atoms with Crippen LogP contribution < -0.4 is 4.90 Å². The van der Waals surface area contributed by atoms with Gasteiger partial charge in [-0.1, -0.05) is 25.4 Å². The molecule has 0 amide bonds. The predicted octanol–water partition coefficient (Wildman–Crippen LogP) is 4.26. The number of carbonyl (C=O) groups is 1. The highest BCUT2D eigenvalue weighted by Crippen LogP contribution is 2.45. The number of hydrogen-bond donors (Lipinski definition) is 2. The van der Waals surface area contributed by atoms with Gasteiger partial charge in [-0.15, -0.1) is 0 Å². The molecule has 0 bridgehead atoms. The summed E-state index contributed by atoms with van der Waals surface area (Å²) in [5.74, 6) is 0.475. The molecule has 0 atom stereocenters. The topological polar surface area (TPSA) is 72.5 Å². The third kappa shape index (κ3) is 3.97. The van der Waals surface area contributed by atoms with Crippen LogP contribution >= 0.6 is 11.6 Å². The Hall–Kier alpha value is -1.63. The summed E-state index contributed by atoms with van der Waals surface area (Å²) < 4.78 is 0. The van der Waals surface area contributed by atoms with Crippen molar-refractivity contribution in [3.63, 3.8) is 0 Å². The molecule has 0 unspecified atom stereocenters. The number of H-pyrrole nitrogens is 1. The maximum absolute atomic E-state index is 13.4. The van der Waals surface area contributed by atoms with Crippen molar-refractivity contribution in [3.8, 4) is 0 Å². The van der Waals surface area contributed by atoms with Gasteiger partial charge >= 0.3 is 0 Å². The summed E-state index contributed by atoms with van der Waals surface area (Å²) in [4.78, 5) is 26.1. The van der Waals surface area contributed by atoms with Gasteiger partial charge in [-0.25, -0.2) is 4.98 Å². The Labute approximate surface area is 183 Å². The molecule has 2 fully saturated rings. The average molecular weight is 433 g/mol. The molecular weight excluding hydrogens is 400 g/mol. The Morgan fingerprint density at radius 3 is 2.43 bits per heavy atom. The van der Waals surface area contributed by atoms with Gasteiger partial charge in [0, 0.05) is 31.6 Å². The van der Waals surface area contributed by atoms with Gasteiger partial charge in [-0.2, -0.15) is 0 Å². The number of fused-ring (bicyclic) bond motifs is 1. The average Bonchev–Trinajstić information content (AvgIpc) is 3.16. The fourth-order valence-electron chi connectivity index (χ4n) is 4.93. The zero-order chi connectivity index (χ0) is 21.5. The van der Waals surface area contributed by atoms with E-state index in [2.05, 4.69) is 33.6 Å². The lowest BCUT2D eigenvalue weighted by molar-refractivity contribution is -0.0145. The largest absolute Gasteiger partial charge is 0.390 e. The molecule has 164 valence electrons. The first-order chi connectivity index (χ1) is 14.3.